The summed E-state index contributed by atoms with van der Waals surface area (Å²) in [6, 6.07) is 3.48. The number of rotatable bonds is 4. The van der Waals surface area contributed by atoms with Crippen LogP contribution < -0.4 is 11.1 Å². The first-order valence-electron chi connectivity index (χ1n) is 5.89. The number of esters is 1. The largest absolute Gasteiger partial charge is 0.508 e. The second kappa shape index (κ2) is 5.95. The molecule has 110 valence electrons. The summed E-state index contributed by atoms with van der Waals surface area (Å²) in [6.07, 6.45) is 1.26. The van der Waals surface area contributed by atoms with Crippen molar-refractivity contribution in [1.29, 1.82) is 0 Å². The summed E-state index contributed by atoms with van der Waals surface area (Å²) in [5.74, 6) is -1.42. The summed E-state index contributed by atoms with van der Waals surface area (Å²) in [6.45, 7) is -0.599. The van der Waals surface area contributed by atoms with Gasteiger partial charge >= 0.3 is 12.0 Å². The first-order valence-corrected chi connectivity index (χ1v) is 5.89. The zero-order valence-electron chi connectivity index (χ0n) is 10.8. The van der Waals surface area contributed by atoms with Crippen LogP contribution >= 0.6 is 0 Å². The van der Waals surface area contributed by atoms with Crippen molar-refractivity contribution in [2.45, 2.75) is 6.42 Å². The second-order valence-electron chi connectivity index (χ2n) is 4.19. The van der Waals surface area contributed by atoms with E-state index in [-0.39, 0.29) is 12.2 Å². The molecule has 0 fully saturated rings. The molecule has 0 aliphatic heterocycles. The fraction of sp³-hybridized carbons (Fsp3) is 0.154. The molecule has 0 spiro atoms. The molecule has 0 saturated heterocycles. The molecule has 1 aromatic carbocycles. The van der Waals surface area contributed by atoms with E-state index in [1.165, 1.54) is 18.4 Å². The van der Waals surface area contributed by atoms with Crippen LogP contribution in [0, 0.1) is 0 Å². The predicted molar refractivity (Wildman–Crippen MR) is 70.3 cm³/mol. The molecule has 0 bridgehead atoms. The molecule has 1 aromatic heterocycles. The highest BCUT2D eigenvalue weighted by Gasteiger charge is 2.13. The van der Waals surface area contributed by atoms with Gasteiger partial charge in [0.1, 0.15) is 11.3 Å². The molecular formula is C13H12N2O6. The Balaban J connectivity index is 1.95. The number of urea groups is 1. The summed E-state index contributed by atoms with van der Waals surface area (Å²) in [4.78, 5) is 33.1. The van der Waals surface area contributed by atoms with Gasteiger partial charge < -0.3 is 20.0 Å². The van der Waals surface area contributed by atoms with Gasteiger partial charge in [-0.25, -0.2) is 4.79 Å². The fourth-order valence-electron chi connectivity index (χ4n) is 1.73. The standard InChI is InChI=1S/C13H12N2O6/c14-13(19)15-11(17)6-21-12(18)3-7-5-20-10-4-8(16)1-2-9(7)10/h1-2,4-5,16H,3,6H2,(H3,14,15,17,19). The zero-order valence-corrected chi connectivity index (χ0v) is 10.8. The Bertz CT molecular complexity index is 706. The zero-order chi connectivity index (χ0) is 15.4. The van der Waals surface area contributed by atoms with Crippen LogP contribution in [0.2, 0.25) is 0 Å². The summed E-state index contributed by atoms with van der Waals surface area (Å²) in [5.41, 5.74) is 5.73. The van der Waals surface area contributed by atoms with E-state index >= 15 is 0 Å². The number of hydrogen-bond acceptors (Lipinski definition) is 6. The molecule has 4 N–H and O–H groups in total. The molecule has 0 aliphatic rings. The normalized spacial score (nSPS) is 10.3. The van der Waals surface area contributed by atoms with Gasteiger partial charge in [0.15, 0.2) is 6.61 Å². The first kappa shape index (κ1) is 14.4. The average Bonchev–Trinajstić information content (AvgIpc) is 2.78. The van der Waals surface area contributed by atoms with Crippen molar-refractivity contribution in [2.24, 2.45) is 5.73 Å². The number of primary amides is 1. The Morgan fingerprint density at radius 2 is 2.10 bits per heavy atom. The number of carbonyl (C=O) groups is 3. The SMILES string of the molecule is NC(=O)NC(=O)COC(=O)Cc1coc2cc(O)ccc12. The van der Waals surface area contributed by atoms with Crippen LogP contribution in [0.1, 0.15) is 5.56 Å². The van der Waals surface area contributed by atoms with Crippen LogP contribution in [0.15, 0.2) is 28.9 Å². The molecule has 1 heterocycles. The van der Waals surface area contributed by atoms with Crippen LogP contribution in [0.25, 0.3) is 11.0 Å². The monoisotopic (exact) mass is 292 g/mol. The third-order valence-corrected chi connectivity index (χ3v) is 2.60. The van der Waals surface area contributed by atoms with E-state index in [1.54, 1.807) is 11.4 Å². The lowest BCUT2D eigenvalue weighted by Gasteiger charge is -2.03. The molecular weight excluding hydrogens is 280 g/mol. The minimum absolute atomic E-state index is 0.0501. The van der Waals surface area contributed by atoms with Crippen LogP contribution in [0.4, 0.5) is 4.79 Å². The molecule has 3 amide bonds. The summed E-state index contributed by atoms with van der Waals surface area (Å²) < 4.78 is 9.90. The maximum absolute atomic E-state index is 11.6. The number of benzene rings is 1. The number of amides is 3. The Morgan fingerprint density at radius 1 is 1.33 bits per heavy atom. The van der Waals surface area contributed by atoms with E-state index in [4.69, 9.17) is 14.9 Å². The van der Waals surface area contributed by atoms with Gasteiger partial charge in [-0.15, -0.1) is 0 Å². The first-order chi connectivity index (χ1) is 9.95. The van der Waals surface area contributed by atoms with Crippen LogP contribution in [-0.4, -0.2) is 29.6 Å². The van der Waals surface area contributed by atoms with Crippen molar-refractivity contribution in [1.82, 2.24) is 5.32 Å². The van der Waals surface area contributed by atoms with Gasteiger partial charge in [0.05, 0.1) is 12.7 Å². The fourth-order valence-corrected chi connectivity index (χ4v) is 1.73. The van der Waals surface area contributed by atoms with Crippen molar-refractivity contribution >= 4 is 28.9 Å². The summed E-state index contributed by atoms with van der Waals surface area (Å²) in [7, 11) is 0. The molecule has 21 heavy (non-hydrogen) atoms. The van der Waals surface area contributed by atoms with Gasteiger partial charge in [0.2, 0.25) is 0 Å². The number of fused-ring (bicyclic) bond motifs is 1. The van der Waals surface area contributed by atoms with Crippen molar-refractivity contribution in [3.05, 3.63) is 30.0 Å². The number of furan rings is 1. The highest BCUT2D eigenvalue weighted by molar-refractivity contribution is 5.95. The van der Waals surface area contributed by atoms with Gasteiger partial charge in [-0.2, -0.15) is 0 Å². The number of nitrogens with one attached hydrogen (secondary N) is 1. The highest BCUT2D eigenvalue weighted by Crippen LogP contribution is 2.25. The van der Waals surface area contributed by atoms with E-state index in [0.29, 0.717) is 16.5 Å². The molecule has 0 saturated carbocycles. The third kappa shape index (κ3) is 3.72. The van der Waals surface area contributed by atoms with Gasteiger partial charge in [-0.1, -0.05) is 0 Å². The Kier molecular flexibility index (Phi) is 4.07. The van der Waals surface area contributed by atoms with Gasteiger partial charge in [0, 0.05) is 17.0 Å². The molecule has 0 unspecified atom stereocenters. The van der Waals surface area contributed by atoms with E-state index in [9.17, 15) is 19.5 Å². The van der Waals surface area contributed by atoms with Crippen LogP contribution in [-0.2, 0) is 20.7 Å². The number of ether oxygens (including phenoxy) is 1. The maximum Gasteiger partial charge on any atom is 0.318 e. The number of imide groups is 1. The molecule has 0 radical (unpaired) electrons. The predicted octanol–water partition coefficient (Wildman–Crippen LogP) is 0.419. The smallest absolute Gasteiger partial charge is 0.318 e. The molecule has 2 aromatic rings. The molecule has 2 rings (SSSR count). The van der Waals surface area contributed by atoms with E-state index in [1.807, 2.05) is 0 Å². The minimum Gasteiger partial charge on any atom is -0.508 e. The number of nitrogens with two attached hydrogens (primary N) is 1. The lowest BCUT2D eigenvalue weighted by atomic mass is 10.1. The quantitative estimate of drug-likeness (QED) is 0.699. The van der Waals surface area contributed by atoms with Gasteiger partial charge in [0.25, 0.3) is 5.91 Å². The van der Waals surface area contributed by atoms with Crippen molar-refractivity contribution in [3.8, 4) is 5.75 Å². The molecule has 8 heteroatoms. The summed E-state index contributed by atoms with van der Waals surface area (Å²) >= 11 is 0. The molecule has 0 atom stereocenters. The van der Waals surface area contributed by atoms with E-state index in [2.05, 4.69) is 0 Å². The van der Waals surface area contributed by atoms with Crippen LogP contribution in [0.5, 0.6) is 5.75 Å². The van der Waals surface area contributed by atoms with E-state index in [0.717, 1.165) is 0 Å². The number of phenols is 1. The number of aromatic hydroxyl groups is 1. The minimum atomic E-state index is -1.02. The second-order valence-corrected chi connectivity index (χ2v) is 4.19. The number of hydrogen-bond donors (Lipinski definition) is 3. The lowest BCUT2D eigenvalue weighted by Crippen LogP contribution is -2.37. The molecule has 0 aliphatic carbocycles. The maximum atomic E-state index is 11.6. The van der Waals surface area contributed by atoms with Crippen molar-refractivity contribution in [3.63, 3.8) is 0 Å². The Labute approximate surface area is 118 Å². The highest BCUT2D eigenvalue weighted by atomic mass is 16.5. The Hall–Kier alpha value is -3.03. The van der Waals surface area contributed by atoms with Crippen molar-refractivity contribution in [2.75, 3.05) is 6.61 Å². The Morgan fingerprint density at radius 3 is 2.81 bits per heavy atom. The van der Waals surface area contributed by atoms with Gasteiger partial charge in [-0.3, -0.25) is 14.9 Å². The topological polar surface area (TPSA) is 132 Å². The number of phenolic OH excluding ortho intramolecular Hbond substituents is 1. The third-order valence-electron chi connectivity index (χ3n) is 2.60. The summed E-state index contributed by atoms with van der Waals surface area (Å²) in [5, 5.41) is 11.7. The van der Waals surface area contributed by atoms with E-state index < -0.39 is 24.5 Å². The van der Waals surface area contributed by atoms with Crippen molar-refractivity contribution < 1.29 is 28.6 Å². The van der Waals surface area contributed by atoms with Crippen LogP contribution in [0.3, 0.4) is 0 Å². The average molecular weight is 292 g/mol. The van der Waals surface area contributed by atoms with Gasteiger partial charge in [-0.05, 0) is 12.1 Å². The lowest BCUT2D eigenvalue weighted by molar-refractivity contribution is -0.147. The molecule has 8 nitrogen and oxygen atoms in total. The number of carbonyl (C=O) groups excluding carboxylic acids is 3.